The van der Waals surface area contributed by atoms with Crippen molar-refractivity contribution in [3.05, 3.63) is 84.2 Å². The Morgan fingerprint density at radius 1 is 0.900 bits per heavy atom. The summed E-state index contributed by atoms with van der Waals surface area (Å²) in [7, 11) is 2.03. The van der Waals surface area contributed by atoms with Crippen molar-refractivity contribution in [3.63, 3.8) is 0 Å². The number of furan rings is 1. The second kappa shape index (κ2) is 6.14. The maximum absolute atomic E-state index is 8.01. The maximum atomic E-state index is 8.01. The van der Waals surface area contributed by atoms with Crippen LogP contribution in [0.2, 0.25) is 0 Å². The second-order valence-corrected chi connectivity index (χ2v) is 7.82. The predicted molar refractivity (Wildman–Crippen MR) is 123 cm³/mol. The molecule has 0 amide bonds. The van der Waals surface area contributed by atoms with Gasteiger partial charge in [-0.15, -0.1) is 0 Å². The van der Waals surface area contributed by atoms with Crippen molar-refractivity contribution < 1.29 is 13.1 Å². The van der Waals surface area contributed by atoms with Crippen molar-refractivity contribution in [2.24, 2.45) is 7.05 Å². The van der Waals surface area contributed by atoms with Gasteiger partial charge >= 0.3 is 0 Å². The number of pyridine rings is 2. The highest BCUT2D eigenvalue weighted by atomic mass is 16.3. The van der Waals surface area contributed by atoms with Crippen LogP contribution in [0.3, 0.4) is 0 Å². The normalized spacial score (nSPS) is 13.7. The summed E-state index contributed by atoms with van der Waals surface area (Å²) in [6, 6.07) is 22.1. The van der Waals surface area contributed by atoms with E-state index in [0.717, 1.165) is 49.3 Å². The summed E-state index contributed by atoms with van der Waals surface area (Å²) >= 11 is 0. The van der Waals surface area contributed by atoms with E-state index < -0.39 is 6.85 Å². The molecule has 0 saturated carbocycles. The van der Waals surface area contributed by atoms with Gasteiger partial charge in [0.1, 0.15) is 7.05 Å². The van der Waals surface area contributed by atoms with Crippen LogP contribution in [0.4, 0.5) is 0 Å². The summed E-state index contributed by atoms with van der Waals surface area (Å²) in [6.07, 6.45) is 2.12. The molecule has 144 valence electrons. The molecule has 3 nitrogen and oxygen atoms in total. The van der Waals surface area contributed by atoms with Crippen LogP contribution in [0.25, 0.3) is 54.9 Å². The van der Waals surface area contributed by atoms with Crippen molar-refractivity contribution in [3.8, 4) is 11.3 Å². The molecule has 0 aliphatic carbocycles. The number of benzene rings is 3. The zero-order valence-electron chi connectivity index (χ0n) is 19.7. The third-order valence-corrected chi connectivity index (χ3v) is 5.97. The van der Waals surface area contributed by atoms with E-state index in [0.29, 0.717) is 11.1 Å². The number of aryl methyl sites for hydroxylation is 3. The monoisotopic (exact) mass is 392 g/mol. The molecule has 0 aliphatic rings. The second-order valence-electron chi connectivity index (χ2n) is 7.82. The number of rotatable bonds is 1. The van der Waals surface area contributed by atoms with E-state index in [1.807, 2.05) is 49.5 Å². The lowest BCUT2D eigenvalue weighted by atomic mass is 9.98. The highest BCUT2D eigenvalue weighted by Gasteiger charge is 2.23. The average molecular weight is 392 g/mol. The first-order valence-electron chi connectivity index (χ1n) is 11.5. The summed E-state index contributed by atoms with van der Waals surface area (Å²) in [4.78, 5) is 4.51. The molecule has 6 rings (SSSR count). The number of hydrogen-bond donors (Lipinski definition) is 0. The van der Waals surface area contributed by atoms with Crippen LogP contribution in [0, 0.1) is 13.8 Å². The summed E-state index contributed by atoms with van der Waals surface area (Å²) in [6.45, 7) is -0.271. The first-order chi connectivity index (χ1) is 15.8. The van der Waals surface area contributed by atoms with E-state index in [1.165, 1.54) is 0 Å². The lowest BCUT2D eigenvalue weighted by Gasteiger charge is -2.07. The van der Waals surface area contributed by atoms with E-state index in [1.54, 1.807) is 0 Å². The third-order valence-electron chi connectivity index (χ3n) is 5.97. The van der Waals surface area contributed by atoms with Crippen molar-refractivity contribution in [1.29, 1.82) is 0 Å². The van der Waals surface area contributed by atoms with Crippen LogP contribution < -0.4 is 4.57 Å². The summed E-state index contributed by atoms with van der Waals surface area (Å²) < 4.78 is 32.5. The fourth-order valence-electron chi connectivity index (χ4n) is 4.51. The maximum Gasteiger partial charge on any atom is 0.228 e. The number of hydrogen-bond acceptors (Lipinski definition) is 2. The summed E-state index contributed by atoms with van der Waals surface area (Å²) in [5.41, 5.74) is 4.22. The van der Waals surface area contributed by atoms with Crippen LogP contribution in [0.5, 0.6) is 0 Å². The zero-order valence-corrected chi connectivity index (χ0v) is 16.7. The number of aromatic nitrogens is 2. The SMILES string of the molecule is [2H]C([2H])([2H])c1nc2oc3c(-c4cc5ccccc5c[n+]4C)c(C)ccc3c2c2ccccc12. The molecular formula is C27H21N2O+. The van der Waals surface area contributed by atoms with Crippen LogP contribution in [0.1, 0.15) is 15.4 Å². The van der Waals surface area contributed by atoms with Gasteiger partial charge in [-0.05, 0) is 36.2 Å². The summed E-state index contributed by atoms with van der Waals surface area (Å²) in [5.74, 6) is 0. The van der Waals surface area contributed by atoms with Gasteiger partial charge in [0, 0.05) is 32.0 Å². The largest absolute Gasteiger partial charge is 0.437 e. The topological polar surface area (TPSA) is 29.9 Å². The fraction of sp³-hybridized carbons (Fsp3) is 0.111. The molecular weight excluding hydrogens is 368 g/mol. The minimum atomic E-state index is -2.34. The van der Waals surface area contributed by atoms with Crippen molar-refractivity contribution in [2.45, 2.75) is 13.8 Å². The van der Waals surface area contributed by atoms with Gasteiger partial charge in [-0.3, -0.25) is 0 Å². The third kappa shape index (κ3) is 2.32. The lowest BCUT2D eigenvalue weighted by molar-refractivity contribution is -0.659. The van der Waals surface area contributed by atoms with Crippen LogP contribution in [-0.4, -0.2) is 4.98 Å². The van der Waals surface area contributed by atoms with E-state index in [-0.39, 0.29) is 5.69 Å². The molecule has 0 spiro atoms. The average Bonchev–Trinajstić information content (AvgIpc) is 3.16. The van der Waals surface area contributed by atoms with E-state index in [4.69, 9.17) is 8.53 Å². The lowest BCUT2D eigenvalue weighted by Crippen LogP contribution is -2.30. The Kier molecular flexibility index (Phi) is 2.92. The fourth-order valence-corrected chi connectivity index (χ4v) is 4.51. The Bertz CT molecular complexity index is 1730. The minimum Gasteiger partial charge on any atom is -0.437 e. The Morgan fingerprint density at radius 3 is 2.50 bits per heavy atom. The highest BCUT2D eigenvalue weighted by Crippen LogP contribution is 2.40. The molecule has 0 saturated heterocycles. The summed E-state index contributed by atoms with van der Waals surface area (Å²) in [5, 5.41) is 5.55. The quantitative estimate of drug-likeness (QED) is 0.303. The molecule has 30 heavy (non-hydrogen) atoms. The minimum absolute atomic E-state index is 0.0687. The van der Waals surface area contributed by atoms with E-state index in [2.05, 4.69) is 46.9 Å². The van der Waals surface area contributed by atoms with Gasteiger partial charge in [-0.25, -0.2) is 9.55 Å². The molecule has 3 heterocycles. The molecule has 3 heteroatoms. The Balaban J connectivity index is 1.77. The van der Waals surface area contributed by atoms with Gasteiger partial charge < -0.3 is 4.42 Å². The molecule has 0 fully saturated rings. The van der Waals surface area contributed by atoms with Gasteiger partial charge in [-0.2, -0.15) is 0 Å². The smallest absolute Gasteiger partial charge is 0.228 e. The van der Waals surface area contributed by atoms with Crippen LogP contribution in [-0.2, 0) is 7.05 Å². The number of fused-ring (bicyclic) bond motifs is 6. The molecule has 0 atom stereocenters. The van der Waals surface area contributed by atoms with Gasteiger partial charge in [-0.1, -0.05) is 54.6 Å². The first-order valence-corrected chi connectivity index (χ1v) is 9.97. The van der Waals surface area contributed by atoms with E-state index >= 15 is 0 Å². The van der Waals surface area contributed by atoms with Gasteiger partial charge in [0.05, 0.1) is 10.9 Å². The Morgan fingerprint density at radius 2 is 1.67 bits per heavy atom. The zero-order chi connectivity index (χ0) is 22.9. The standard InChI is InChI=1S/C27H21N2O/c1-16-12-13-22-25-21-11-7-6-10-20(21)17(2)28-27(25)30-26(22)24(16)23-14-18-8-4-5-9-19(18)15-29(23)3/h4-15H,1-3H3/q+1/i2D3. The van der Waals surface area contributed by atoms with Crippen molar-refractivity contribution in [1.82, 2.24) is 4.98 Å². The molecule has 0 N–H and O–H groups in total. The molecule has 6 aromatic rings. The molecule has 3 aromatic heterocycles. The van der Waals surface area contributed by atoms with Crippen LogP contribution >= 0.6 is 0 Å². The number of nitrogens with zero attached hydrogens (tertiary/aromatic N) is 2. The van der Waals surface area contributed by atoms with Crippen molar-refractivity contribution in [2.75, 3.05) is 0 Å². The molecule has 0 bridgehead atoms. The molecule has 3 aromatic carbocycles. The van der Waals surface area contributed by atoms with Crippen LogP contribution in [0.15, 0.2) is 77.3 Å². The highest BCUT2D eigenvalue weighted by molar-refractivity contribution is 6.20. The van der Waals surface area contributed by atoms with Gasteiger partial charge in [0.25, 0.3) is 0 Å². The van der Waals surface area contributed by atoms with Crippen molar-refractivity contribution >= 4 is 43.6 Å². The molecule has 0 radical (unpaired) electrons. The molecule has 0 aliphatic heterocycles. The first kappa shape index (κ1) is 14.3. The van der Waals surface area contributed by atoms with Gasteiger partial charge in [0.2, 0.25) is 11.4 Å². The molecule has 0 unspecified atom stereocenters. The Hall–Kier alpha value is -3.72. The predicted octanol–water partition coefficient (Wildman–Crippen LogP) is 6.40. The van der Waals surface area contributed by atoms with E-state index in [9.17, 15) is 0 Å². The Labute approximate surface area is 178 Å². The van der Waals surface area contributed by atoms with Gasteiger partial charge in [0.15, 0.2) is 11.8 Å².